The van der Waals surface area contributed by atoms with Crippen molar-refractivity contribution in [3.63, 3.8) is 0 Å². The molecule has 2 aromatic carbocycles. The zero-order chi connectivity index (χ0) is 22.4. The van der Waals surface area contributed by atoms with E-state index >= 15 is 0 Å². The summed E-state index contributed by atoms with van der Waals surface area (Å²) in [6.07, 6.45) is 1.52. The van der Waals surface area contributed by atoms with Gasteiger partial charge in [0.25, 0.3) is 15.7 Å². The number of nitrogens with one attached hydrogen (secondary N) is 4. The fourth-order valence-corrected chi connectivity index (χ4v) is 3.83. The van der Waals surface area contributed by atoms with Gasteiger partial charge in [0.2, 0.25) is 0 Å². The number of furan rings is 1. The molecule has 0 spiro atoms. The standard InChI is InChI=1S/C18H16ClN5O5S2/c19-12-3-1-4-13(9-12)23-31(27,28)15-6-7-16(17(10-15)24(25)26)21-22-18(30)20-11-14-5-2-8-29-14/h1-10,21,23H,11H2,(H2,20,22,30). The molecule has 0 unspecified atom stereocenters. The van der Waals surface area contributed by atoms with Crippen molar-refractivity contribution in [2.24, 2.45) is 0 Å². The fraction of sp³-hybridized carbons (Fsp3) is 0.0556. The van der Waals surface area contributed by atoms with E-state index in [9.17, 15) is 18.5 Å². The maximum Gasteiger partial charge on any atom is 0.295 e. The van der Waals surface area contributed by atoms with Crippen molar-refractivity contribution in [2.75, 3.05) is 10.1 Å². The molecule has 0 aliphatic carbocycles. The summed E-state index contributed by atoms with van der Waals surface area (Å²) >= 11 is 10.9. The molecule has 3 rings (SSSR count). The largest absolute Gasteiger partial charge is 0.467 e. The summed E-state index contributed by atoms with van der Waals surface area (Å²) in [5.74, 6) is 0.650. The Morgan fingerprint density at radius 1 is 1.16 bits per heavy atom. The van der Waals surface area contributed by atoms with Crippen LogP contribution >= 0.6 is 23.8 Å². The molecule has 13 heteroatoms. The molecule has 31 heavy (non-hydrogen) atoms. The Kier molecular flexibility index (Phi) is 6.95. The average Bonchev–Trinajstić information content (AvgIpc) is 3.24. The number of hydrogen-bond donors (Lipinski definition) is 4. The van der Waals surface area contributed by atoms with Gasteiger partial charge in [0.15, 0.2) is 5.11 Å². The Balaban J connectivity index is 1.71. The first-order valence-electron chi connectivity index (χ1n) is 8.64. The lowest BCUT2D eigenvalue weighted by Gasteiger charge is -2.13. The van der Waals surface area contributed by atoms with E-state index < -0.39 is 20.6 Å². The van der Waals surface area contributed by atoms with Crippen LogP contribution in [0.2, 0.25) is 5.02 Å². The SMILES string of the molecule is O=[N+]([O-])c1cc(S(=O)(=O)Nc2cccc(Cl)c2)ccc1NNC(=S)NCc1ccco1. The molecular formula is C18H16ClN5O5S2. The molecule has 0 bridgehead atoms. The maximum absolute atomic E-state index is 12.6. The van der Waals surface area contributed by atoms with Gasteiger partial charge in [0, 0.05) is 11.1 Å². The molecule has 0 saturated heterocycles. The number of nitro benzene ring substituents is 1. The Labute approximate surface area is 187 Å². The second kappa shape index (κ2) is 9.64. The predicted octanol–water partition coefficient (Wildman–Crippen LogP) is 3.63. The van der Waals surface area contributed by atoms with Gasteiger partial charge < -0.3 is 9.73 Å². The first-order chi connectivity index (χ1) is 14.7. The monoisotopic (exact) mass is 481 g/mol. The molecule has 0 amide bonds. The minimum Gasteiger partial charge on any atom is -0.467 e. The van der Waals surface area contributed by atoms with Gasteiger partial charge in [-0.25, -0.2) is 8.42 Å². The van der Waals surface area contributed by atoms with E-state index in [-0.39, 0.29) is 21.4 Å². The van der Waals surface area contributed by atoms with Crippen LogP contribution in [-0.2, 0) is 16.6 Å². The van der Waals surface area contributed by atoms with Gasteiger partial charge >= 0.3 is 0 Å². The van der Waals surface area contributed by atoms with Gasteiger partial charge in [-0.15, -0.1) is 0 Å². The van der Waals surface area contributed by atoms with Gasteiger partial charge in [-0.1, -0.05) is 17.7 Å². The molecule has 10 nitrogen and oxygen atoms in total. The van der Waals surface area contributed by atoms with Gasteiger partial charge in [0.05, 0.1) is 28.3 Å². The molecule has 0 fully saturated rings. The van der Waals surface area contributed by atoms with Crippen molar-refractivity contribution in [3.8, 4) is 0 Å². The quantitative estimate of drug-likeness (QED) is 0.216. The van der Waals surface area contributed by atoms with Crippen LogP contribution in [-0.4, -0.2) is 18.5 Å². The topological polar surface area (TPSA) is 139 Å². The fourth-order valence-electron chi connectivity index (χ4n) is 2.45. The minimum absolute atomic E-state index is 0.0221. The lowest BCUT2D eigenvalue weighted by atomic mass is 10.3. The molecule has 0 aliphatic heterocycles. The molecule has 3 aromatic rings. The number of anilines is 2. The highest BCUT2D eigenvalue weighted by atomic mass is 35.5. The Hall–Kier alpha value is -3.35. The number of rotatable bonds is 8. The Morgan fingerprint density at radius 3 is 2.65 bits per heavy atom. The number of hydrazine groups is 1. The van der Waals surface area contributed by atoms with E-state index in [1.165, 1.54) is 30.5 Å². The number of nitro groups is 1. The molecule has 4 N–H and O–H groups in total. The van der Waals surface area contributed by atoms with Gasteiger partial charge in [-0.2, -0.15) is 0 Å². The summed E-state index contributed by atoms with van der Waals surface area (Å²) in [6, 6.07) is 13.0. The number of sulfonamides is 1. The van der Waals surface area contributed by atoms with E-state index in [1.807, 2.05) is 0 Å². The predicted molar refractivity (Wildman–Crippen MR) is 120 cm³/mol. The number of thiocarbonyl (C=S) groups is 1. The van der Waals surface area contributed by atoms with Crippen molar-refractivity contribution < 1.29 is 17.8 Å². The van der Waals surface area contributed by atoms with Crippen LogP contribution in [0.15, 0.2) is 70.2 Å². The smallest absolute Gasteiger partial charge is 0.295 e. The number of hydrogen-bond acceptors (Lipinski definition) is 7. The maximum atomic E-state index is 12.6. The highest BCUT2D eigenvalue weighted by Crippen LogP contribution is 2.28. The average molecular weight is 482 g/mol. The van der Waals surface area contributed by atoms with Crippen molar-refractivity contribution >= 4 is 56.0 Å². The van der Waals surface area contributed by atoms with E-state index in [0.717, 1.165) is 6.07 Å². The molecule has 0 atom stereocenters. The van der Waals surface area contributed by atoms with Crippen molar-refractivity contribution in [3.05, 3.63) is 81.8 Å². The lowest BCUT2D eigenvalue weighted by Crippen LogP contribution is -2.38. The van der Waals surface area contributed by atoms with E-state index in [1.54, 1.807) is 24.3 Å². The zero-order valence-electron chi connectivity index (χ0n) is 15.7. The van der Waals surface area contributed by atoms with Crippen molar-refractivity contribution in [1.82, 2.24) is 10.7 Å². The summed E-state index contributed by atoms with van der Waals surface area (Å²) in [6.45, 7) is 0.314. The van der Waals surface area contributed by atoms with Crippen LogP contribution in [0.1, 0.15) is 5.76 Å². The second-order valence-electron chi connectivity index (χ2n) is 6.06. The van der Waals surface area contributed by atoms with Crippen LogP contribution in [0.5, 0.6) is 0 Å². The zero-order valence-corrected chi connectivity index (χ0v) is 18.1. The van der Waals surface area contributed by atoms with Crippen LogP contribution in [0.3, 0.4) is 0 Å². The number of halogens is 1. The summed E-state index contributed by atoms with van der Waals surface area (Å²) in [5, 5.41) is 14.8. The first-order valence-corrected chi connectivity index (χ1v) is 10.9. The Morgan fingerprint density at radius 2 is 1.97 bits per heavy atom. The summed E-state index contributed by atoms with van der Waals surface area (Å²) in [4.78, 5) is 10.5. The van der Waals surface area contributed by atoms with Crippen LogP contribution < -0.4 is 20.9 Å². The van der Waals surface area contributed by atoms with Crippen LogP contribution in [0.4, 0.5) is 17.1 Å². The summed E-state index contributed by atoms with van der Waals surface area (Å²) in [5.41, 5.74) is 5.00. The normalized spacial score (nSPS) is 10.9. The Bertz CT molecular complexity index is 1200. The van der Waals surface area contributed by atoms with Crippen LogP contribution in [0.25, 0.3) is 0 Å². The van der Waals surface area contributed by atoms with Gasteiger partial charge in [-0.05, 0) is 54.7 Å². The highest BCUT2D eigenvalue weighted by Gasteiger charge is 2.22. The molecule has 1 heterocycles. The van der Waals surface area contributed by atoms with Gasteiger partial charge in [-0.3, -0.25) is 25.7 Å². The number of nitrogens with zero attached hydrogens (tertiary/aromatic N) is 1. The lowest BCUT2D eigenvalue weighted by molar-refractivity contribution is -0.384. The minimum atomic E-state index is -4.08. The third-order valence-electron chi connectivity index (χ3n) is 3.87. The van der Waals surface area contributed by atoms with Gasteiger partial charge in [0.1, 0.15) is 11.4 Å². The van der Waals surface area contributed by atoms with Crippen molar-refractivity contribution in [1.29, 1.82) is 0 Å². The highest BCUT2D eigenvalue weighted by molar-refractivity contribution is 7.92. The molecule has 0 radical (unpaired) electrons. The number of benzene rings is 2. The first kappa shape index (κ1) is 22.3. The molecule has 1 aromatic heterocycles. The molecule has 0 saturated carbocycles. The summed E-state index contributed by atoms with van der Waals surface area (Å²) in [7, 11) is -4.08. The van der Waals surface area contributed by atoms with E-state index in [2.05, 4.69) is 20.9 Å². The third kappa shape index (κ3) is 6.07. The van der Waals surface area contributed by atoms with Crippen molar-refractivity contribution in [2.45, 2.75) is 11.4 Å². The summed E-state index contributed by atoms with van der Waals surface area (Å²) < 4.78 is 32.7. The van der Waals surface area contributed by atoms with E-state index in [0.29, 0.717) is 17.3 Å². The van der Waals surface area contributed by atoms with E-state index in [4.69, 9.17) is 28.2 Å². The molecular weight excluding hydrogens is 466 g/mol. The van der Waals surface area contributed by atoms with Crippen LogP contribution in [0, 0.1) is 10.1 Å². The molecule has 0 aliphatic rings. The third-order valence-corrected chi connectivity index (χ3v) is 5.73. The second-order valence-corrected chi connectivity index (χ2v) is 8.59. The molecule has 162 valence electrons.